The number of hydrogen-bond acceptors (Lipinski definition) is 3. The fraction of sp³-hybridized carbons (Fsp3) is 0.333. The maximum Gasteiger partial charge on any atom is 0.412 e. The Balaban J connectivity index is 2.75. The molecule has 92 valence electrons. The number of ether oxygens (including phenoxy) is 1. The molecule has 0 saturated heterocycles. The first-order chi connectivity index (χ1) is 7.81. The van der Waals surface area contributed by atoms with Crippen LogP contribution < -0.4 is 5.32 Å². The van der Waals surface area contributed by atoms with Gasteiger partial charge in [0.05, 0.1) is 5.69 Å². The first-order valence-electron chi connectivity index (χ1n) is 5.06. The van der Waals surface area contributed by atoms with E-state index in [0.29, 0.717) is 15.7 Å². The first-order valence-corrected chi connectivity index (χ1v) is 5.86. The van der Waals surface area contributed by atoms with Crippen molar-refractivity contribution in [1.82, 2.24) is 0 Å². The van der Waals surface area contributed by atoms with E-state index < -0.39 is 11.7 Å². The van der Waals surface area contributed by atoms with Crippen LogP contribution in [0.15, 0.2) is 22.7 Å². The Morgan fingerprint density at radius 3 is 2.53 bits per heavy atom. The van der Waals surface area contributed by atoms with E-state index in [4.69, 9.17) is 4.74 Å². The third-order valence-corrected chi connectivity index (χ3v) is 2.42. The summed E-state index contributed by atoms with van der Waals surface area (Å²) in [6, 6.07) is 4.88. The van der Waals surface area contributed by atoms with Crippen molar-refractivity contribution in [2.24, 2.45) is 0 Å². The summed E-state index contributed by atoms with van der Waals surface area (Å²) < 4.78 is 5.75. The number of nitrogens with one attached hydrogen (secondary N) is 1. The van der Waals surface area contributed by atoms with Crippen molar-refractivity contribution in [1.29, 1.82) is 0 Å². The highest BCUT2D eigenvalue weighted by Crippen LogP contribution is 2.23. The average molecular weight is 300 g/mol. The number of carbonyl (C=O) groups excluding carboxylic acids is 2. The molecule has 0 aliphatic rings. The predicted molar refractivity (Wildman–Crippen MR) is 69.4 cm³/mol. The highest BCUT2D eigenvalue weighted by molar-refractivity contribution is 9.10. The minimum Gasteiger partial charge on any atom is -0.444 e. The highest BCUT2D eigenvalue weighted by atomic mass is 79.9. The van der Waals surface area contributed by atoms with E-state index in [1.54, 1.807) is 39.0 Å². The SMILES string of the molecule is CC(C)(C)OC(=O)Nc1ccc(C=O)cc1Br. The third-order valence-electron chi connectivity index (χ3n) is 1.76. The van der Waals surface area contributed by atoms with Crippen LogP contribution in [0.3, 0.4) is 0 Å². The zero-order valence-electron chi connectivity index (χ0n) is 9.91. The Morgan fingerprint density at radius 2 is 2.06 bits per heavy atom. The van der Waals surface area contributed by atoms with Crippen LogP contribution in [0.5, 0.6) is 0 Å². The number of halogens is 1. The van der Waals surface area contributed by atoms with Gasteiger partial charge >= 0.3 is 6.09 Å². The normalized spacial score (nSPS) is 10.8. The zero-order valence-corrected chi connectivity index (χ0v) is 11.5. The van der Waals surface area contributed by atoms with Gasteiger partial charge in [-0.25, -0.2) is 4.79 Å². The van der Waals surface area contributed by atoms with Crippen molar-refractivity contribution in [2.75, 3.05) is 5.32 Å². The second-order valence-electron chi connectivity index (χ2n) is 4.48. The number of carbonyl (C=O) groups is 2. The van der Waals surface area contributed by atoms with Crippen molar-refractivity contribution in [3.63, 3.8) is 0 Å². The monoisotopic (exact) mass is 299 g/mol. The molecule has 17 heavy (non-hydrogen) atoms. The lowest BCUT2D eigenvalue weighted by atomic mass is 10.2. The summed E-state index contributed by atoms with van der Waals surface area (Å²) in [5.74, 6) is 0. The summed E-state index contributed by atoms with van der Waals surface area (Å²) in [4.78, 5) is 22.1. The van der Waals surface area contributed by atoms with Gasteiger partial charge in [-0.05, 0) is 54.9 Å². The number of amides is 1. The van der Waals surface area contributed by atoms with Gasteiger partial charge in [0.25, 0.3) is 0 Å². The first kappa shape index (κ1) is 13.7. The minimum absolute atomic E-state index is 0.531. The number of anilines is 1. The molecule has 0 aromatic heterocycles. The van der Waals surface area contributed by atoms with Crippen LogP contribution in [-0.2, 0) is 4.74 Å². The lowest BCUT2D eigenvalue weighted by Crippen LogP contribution is -2.27. The molecule has 0 radical (unpaired) electrons. The van der Waals surface area contributed by atoms with E-state index in [1.165, 1.54) is 0 Å². The Labute approximate surface area is 108 Å². The number of benzene rings is 1. The van der Waals surface area contributed by atoms with Crippen LogP contribution in [-0.4, -0.2) is 18.0 Å². The predicted octanol–water partition coefficient (Wildman–Crippen LogP) is 3.61. The molecule has 0 aliphatic carbocycles. The van der Waals surface area contributed by atoms with Crippen molar-refractivity contribution >= 4 is 34.0 Å². The van der Waals surface area contributed by atoms with Crippen molar-refractivity contribution < 1.29 is 14.3 Å². The summed E-state index contributed by atoms with van der Waals surface area (Å²) in [5.41, 5.74) is 0.552. The van der Waals surface area contributed by atoms with E-state index in [1.807, 2.05) is 0 Å². The average Bonchev–Trinajstić information content (AvgIpc) is 2.18. The Hall–Kier alpha value is -1.36. The summed E-state index contributed by atoms with van der Waals surface area (Å²) in [5, 5.41) is 2.59. The van der Waals surface area contributed by atoms with Crippen LogP contribution in [0.4, 0.5) is 10.5 Å². The van der Waals surface area contributed by atoms with Gasteiger partial charge < -0.3 is 4.74 Å². The van der Waals surface area contributed by atoms with E-state index in [0.717, 1.165) is 6.29 Å². The number of hydrogen-bond donors (Lipinski definition) is 1. The van der Waals surface area contributed by atoms with Gasteiger partial charge in [-0.1, -0.05) is 0 Å². The Morgan fingerprint density at radius 1 is 1.41 bits per heavy atom. The lowest BCUT2D eigenvalue weighted by Gasteiger charge is -2.20. The van der Waals surface area contributed by atoms with Gasteiger partial charge in [0.15, 0.2) is 0 Å². The van der Waals surface area contributed by atoms with Gasteiger partial charge in [-0.3, -0.25) is 10.1 Å². The molecular weight excluding hydrogens is 286 g/mol. The van der Waals surface area contributed by atoms with E-state index in [2.05, 4.69) is 21.2 Å². The summed E-state index contributed by atoms with van der Waals surface area (Å²) in [6.45, 7) is 5.37. The molecule has 0 bridgehead atoms. The van der Waals surface area contributed by atoms with Gasteiger partial charge in [0.1, 0.15) is 11.9 Å². The molecule has 1 aromatic rings. The molecule has 1 N–H and O–H groups in total. The molecule has 0 atom stereocenters. The zero-order chi connectivity index (χ0) is 13.1. The molecule has 0 spiro atoms. The summed E-state index contributed by atoms with van der Waals surface area (Å²) >= 11 is 3.27. The molecule has 1 aromatic carbocycles. The van der Waals surface area contributed by atoms with Crippen molar-refractivity contribution in [2.45, 2.75) is 26.4 Å². The molecule has 0 aliphatic heterocycles. The highest BCUT2D eigenvalue weighted by Gasteiger charge is 2.16. The van der Waals surface area contributed by atoms with Crippen LogP contribution in [0.2, 0.25) is 0 Å². The Kier molecular flexibility index (Phi) is 4.28. The molecule has 0 unspecified atom stereocenters. The maximum absolute atomic E-state index is 11.5. The molecule has 4 nitrogen and oxygen atoms in total. The molecule has 1 amide bonds. The lowest BCUT2D eigenvalue weighted by molar-refractivity contribution is 0.0635. The smallest absolute Gasteiger partial charge is 0.412 e. The van der Waals surface area contributed by atoms with E-state index in [9.17, 15) is 9.59 Å². The van der Waals surface area contributed by atoms with Gasteiger partial charge in [0, 0.05) is 10.0 Å². The van der Waals surface area contributed by atoms with E-state index in [-0.39, 0.29) is 0 Å². The van der Waals surface area contributed by atoms with Crippen LogP contribution >= 0.6 is 15.9 Å². The second-order valence-corrected chi connectivity index (χ2v) is 5.34. The summed E-state index contributed by atoms with van der Waals surface area (Å²) in [7, 11) is 0. The summed E-state index contributed by atoms with van der Waals surface area (Å²) in [6.07, 6.45) is 0.208. The minimum atomic E-state index is -0.542. The van der Waals surface area contributed by atoms with E-state index >= 15 is 0 Å². The fourth-order valence-electron chi connectivity index (χ4n) is 1.12. The van der Waals surface area contributed by atoms with Crippen molar-refractivity contribution in [3.05, 3.63) is 28.2 Å². The standard InChI is InChI=1S/C12H14BrNO3/c1-12(2,3)17-11(16)14-10-5-4-8(7-15)6-9(10)13/h4-7H,1-3H3,(H,14,16). The molecule has 1 rings (SSSR count). The van der Waals surface area contributed by atoms with Gasteiger partial charge in [-0.15, -0.1) is 0 Å². The van der Waals surface area contributed by atoms with Gasteiger partial charge in [-0.2, -0.15) is 0 Å². The molecule has 0 fully saturated rings. The van der Waals surface area contributed by atoms with Crippen LogP contribution in [0, 0.1) is 0 Å². The molecular formula is C12H14BrNO3. The topological polar surface area (TPSA) is 55.4 Å². The molecule has 0 saturated carbocycles. The maximum atomic E-state index is 11.5. The van der Waals surface area contributed by atoms with Crippen LogP contribution in [0.25, 0.3) is 0 Å². The second kappa shape index (κ2) is 5.31. The van der Waals surface area contributed by atoms with Crippen LogP contribution in [0.1, 0.15) is 31.1 Å². The Bertz CT molecular complexity index is 438. The third kappa shape index (κ3) is 4.56. The molecule has 0 heterocycles. The molecule has 5 heteroatoms. The van der Waals surface area contributed by atoms with Crippen molar-refractivity contribution in [3.8, 4) is 0 Å². The number of aldehydes is 1. The van der Waals surface area contributed by atoms with Gasteiger partial charge in [0.2, 0.25) is 0 Å². The largest absolute Gasteiger partial charge is 0.444 e. The quantitative estimate of drug-likeness (QED) is 0.849. The fourth-order valence-corrected chi connectivity index (χ4v) is 1.62. The number of rotatable bonds is 2.